The maximum absolute atomic E-state index is 11.0. The van der Waals surface area contributed by atoms with Gasteiger partial charge in [-0.15, -0.1) is 0 Å². The largest absolute Gasteiger partial charge is 0.508 e. The van der Waals surface area contributed by atoms with Crippen LogP contribution in [-0.2, 0) is 11.2 Å². The van der Waals surface area contributed by atoms with E-state index in [0.717, 1.165) is 23.2 Å². The summed E-state index contributed by atoms with van der Waals surface area (Å²) < 4.78 is 0. The summed E-state index contributed by atoms with van der Waals surface area (Å²) in [5.41, 5.74) is 5.47. The summed E-state index contributed by atoms with van der Waals surface area (Å²) >= 11 is 0. The van der Waals surface area contributed by atoms with Crippen LogP contribution in [0.4, 0.5) is 5.69 Å². The van der Waals surface area contributed by atoms with E-state index < -0.39 is 0 Å². The lowest BCUT2D eigenvalue weighted by Gasteiger charge is -2.05. The van der Waals surface area contributed by atoms with Crippen molar-refractivity contribution in [3.8, 4) is 16.9 Å². The van der Waals surface area contributed by atoms with Gasteiger partial charge in [0.05, 0.1) is 0 Å². The molecule has 0 saturated heterocycles. The monoisotopic (exact) mass is 239 g/mol. The molecular weight excluding hydrogens is 226 g/mol. The maximum atomic E-state index is 11.0. The van der Waals surface area contributed by atoms with Gasteiger partial charge in [0.1, 0.15) is 5.75 Å². The second-order valence-electron chi connectivity index (χ2n) is 4.57. The topological polar surface area (TPSA) is 49.3 Å². The zero-order chi connectivity index (χ0) is 12.7. The van der Waals surface area contributed by atoms with Gasteiger partial charge in [0, 0.05) is 12.6 Å². The molecule has 1 amide bonds. The number of anilines is 1. The lowest BCUT2D eigenvalue weighted by Crippen LogP contribution is -2.05. The molecule has 0 aliphatic heterocycles. The standard InChI is InChI=1S/C15H13NO2/c1-9(17)16-12-2-4-14-10(7-12)6-11-8-13(18)3-5-15(11)14/h2-5,7-8,18H,6H2,1H3,(H,16,17). The van der Waals surface area contributed by atoms with Crippen molar-refractivity contribution in [2.24, 2.45) is 0 Å². The number of hydrogen-bond acceptors (Lipinski definition) is 2. The quantitative estimate of drug-likeness (QED) is 0.686. The number of fused-ring (bicyclic) bond motifs is 3. The maximum Gasteiger partial charge on any atom is 0.221 e. The number of rotatable bonds is 1. The Labute approximate surface area is 105 Å². The van der Waals surface area contributed by atoms with Crippen molar-refractivity contribution in [3.63, 3.8) is 0 Å². The van der Waals surface area contributed by atoms with Crippen LogP contribution in [-0.4, -0.2) is 11.0 Å². The molecule has 0 spiro atoms. The first-order valence-corrected chi connectivity index (χ1v) is 5.86. The summed E-state index contributed by atoms with van der Waals surface area (Å²) in [6, 6.07) is 11.4. The molecule has 0 saturated carbocycles. The van der Waals surface area contributed by atoms with Crippen LogP contribution < -0.4 is 5.32 Å². The van der Waals surface area contributed by atoms with Gasteiger partial charge in [0.25, 0.3) is 0 Å². The lowest BCUT2D eigenvalue weighted by atomic mass is 10.1. The number of hydrogen-bond donors (Lipinski definition) is 2. The third-order valence-electron chi connectivity index (χ3n) is 3.19. The number of nitrogens with one attached hydrogen (secondary N) is 1. The highest BCUT2D eigenvalue weighted by Gasteiger charge is 2.18. The van der Waals surface area contributed by atoms with E-state index >= 15 is 0 Å². The molecule has 3 rings (SSSR count). The summed E-state index contributed by atoms with van der Waals surface area (Å²) in [6.45, 7) is 1.50. The van der Waals surface area contributed by atoms with Crippen molar-refractivity contribution in [2.75, 3.05) is 5.32 Å². The van der Waals surface area contributed by atoms with Gasteiger partial charge in [-0.2, -0.15) is 0 Å². The molecule has 0 fully saturated rings. The van der Waals surface area contributed by atoms with E-state index in [-0.39, 0.29) is 5.91 Å². The van der Waals surface area contributed by atoms with Crippen LogP contribution >= 0.6 is 0 Å². The number of amides is 1. The fourth-order valence-electron chi connectivity index (χ4n) is 2.48. The Morgan fingerprint density at radius 3 is 2.50 bits per heavy atom. The molecule has 1 aliphatic carbocycles. The fourth-order valence-corrected chi connectivity index (χ4v) is 2.48. The highest BCUT2D eigenvalue weighted by Crippen LogP contribution is 2.39. The average molecular weight is 239 g/mol. The Hall–Kier alpha value is -2.29. The number of phenolic OH excluding ortho intramolecular Hbond substituents is 1. The molecular formula is C15H13NO2. The molecule has 0 heterocycles. The predicted molar refractivity (Wildman–Crippen MR) is 70.7 cm³/mol. The Bertz CT molecular complexity index is 647. The van der Waals surface area contributed by atoms with Gasteiger partial charge in [-0.3, -0.25) is 4.79 Å². The molecule has 0 bridgehead atoms. The summed E-state index contributed by atoms with van der Waals surface area (Å²) in [5, 5.41) is 12.3. The van der Waals surface area contributed by atoms with Crippen LogP contribution in [0.1, 0.15) is 18.1 Å². The van der Waals surface area contributed by atoms with Crippen molar-refractivity contribution < 1.29 is 9.90 Å². The van der Waals surface area contributed by atoms with E-state index in [1.54, 1.807) is 12.1 Å². The zero-order valence-corrected chi connectivity index (χ0v) is 10.0. The summed E-state index contributed by atoms with van der Waals surface area (Å²) in [7, 11) is 0. The SMILES string of the molecule is CC(=O)Nc1ccc2c(c1)Cc1cc(O)ccc1-2. The minimum Gasteiger partial charge on any atom is -0.508 e. The number of phenols is 1. The Morgan fingerprint density at radius 1 is 1.11 bits per heavy atom. The first-order valence-electron chi connectivity index (χ1n) is 5.86. The molecule has 3 heteroatoms. The lowest BCUT2D eigenvalue weighted by molar-refractivity contribution is -0.114. The third-order valence-corrected chi connectivity index (χ3v) is 3.19. The van der Waals surface area contributed by atoms with Crippen LogP contribution in [0.25, 0.3) is 11.1 Å². The normalized spacial score (nSPS) is 11.8. The smallest absolute Gasteiger partial charge is 0.221 e. The van der Waals surface area contributed by atoms with Gasteiger partial charge in [-0.05, 0) is 52.9 Å². The molecule has 90 valence electrons. The molecule has 0 atom stereocenters. The average Bonchev–Trinajstić information content (AvgIpc) is 2.64. The van der Waals surface area contributed by atoms with E-state index in [9.17, 15) is 9.90 Å². The van der Waals surface area contributed by atoms with Crippen LogP contribution in [0, 0.1) is 0 Å². The van der Waals surface area contributed by atoms with Crippen molar-refractivity contribution in [3.05, 3.63) is 47.5 Å². The Balaban J connectivity index is 2.03. The molecule has 18 heavy (non-hydrogen) atoms. The summed E-state index contributed by atoms with van der Waals surface area (Å²) in [6.07, 6.45) is 0.798. The number of carbonyl (C=O) groups is 1. The highest BCUT2D eigenvalue weighted by atomic mass is 16.3. The first-order chi connectivity index (χ1) is 8.63. The highest BCUT2D eigenvalue weighted by molar-refractivity contribution is 5.90. The van der Waals surface area contributed by atoms with E-state index in [2.05, 4.69) is 5.32 Å². The van der Waals surface area contributed by atoms with E-state index in [1.807, 2.05) is 24.3 Å². The molecule has 1 aliphatic rings. The zero-order valence-electron chi connectivity index (χ0n) is 10.0. The minimum atomic E-state index is -0.0666. The number of carbonyl (C=O) groups excluding carboxylic acids is 1. The van der Waals surface area contributed by atoms with E-state index in [4.69, 9.17) is 0 Å². The Kier molecular flexibility index (Phi) is 2.33. The van der Waals surface area contributed by atoms with Crippen molar-refractivity contribution >= 4 is 11.6 Å². The Morgan fingerprint density at radius 2 is 1.78 bits per heavy atom. The number of aromatic hydroxyl groups is 1. The molecule has 2 N–H and O–H groups in total. The summed E-state index contributed by atoms with van der Waals surface area (Å²) in [4.78, 5) is 11.0. The molecule has 2 aromatic rings. The van der Waals surface area contributed by atoms with E-state index in [1.165, 1.54) is 18.1 Å². The van der Waals surface area contributed by atoms with Gasteiger partial charge in [0.2, 0.25) is 5.91 Å². The van der Waals surface area contributed by atoms with Crippen LogP contribution in [0.2, 0.25) is 0 Å². The van der Waals surface area contributed by atoms with Crippen molar-refractivity contribution in [1.29, 1.82) is 0 Å². The predicted octanol–water partition coefficient (Wildman–Crippen LogP) is 2.92. The van der Waals surface area contributed by atoms with Crippen molar-refractivity contribution in [1.82, 2.24) is 0 Å². The van der Waals surface area contributed by atoms with Gasteiger partial charge in [0.15, 0.2) is 0 Å². The third kappa shape index (κ3) is 1.74. The number of benzene rings is 2. The van der Waals surface area contributed by atoms with Crippen LogP contribution in [0.15, 0.2) is 36.4 Å². The minimum absolute atomic E-state index is 0.0666. The van der Waals surface area contributed by atoms with Crippen LogP contribution in [0.5, 0.6) is 5.75 Å². The molecule has 0 radical (unpaired) electrons. The van der Waals surface area contributed by atoms with Gasteiger partial charge < -0.3 is 10.4 Å². The van der Waals surface area contributed by atoms with Crippen molar-refractivity contribution in [2.45, 2.75) is 13.3 Å². The van der Waals surface area contributed by atoms with Crippen LogP contribution in [0.3, 0.4) is 0 Å². The molecule has 0 aromatic heterocycles. The first kappa shape index (κ1) is 10.8. The fraction of sp³-hybridized carbons (Fsp3) is 0.133. The second-order valence-corrected chi connectivity index (χ2v) is 4.57. The van der Waals surface area contributed by atoms with E-state index in [0.29, 0.717) is 5.75 Å². The second kappa shape index (κ2) is 3.88. The van der Waals surface area contributed by atoms with Gasteiger partial charge in [-0.1, -0.05) is 12.1 Å². The van der Waals surface area contributed by atoms with Gasteiger partial charge >= 0.3 is 0 Å². The molecule has 0 unspecified atom stereocenters. The molecule has 2 aromatic carbocycles. The van der Waals surface area contributed by atoms with Gasteiger partial charge in [-0.25, -0.2) is 0 Å². The molecule has 3 nitrogen and oxygen atoms in total. The summed E-state index contributed by atoms with van der Waals surface area (Å²) in [5.74, 6) is 0.228.